The van der Waals surface area contributed by atoms with Crippen molar-refractivity contribution < 1.29 is 4.79 Å². The average Bonchev–Trinajstić information content (AvgIpc) is 3.10. The van der Waals surface area contributed by atoms with E-state index in [0.717, 1.165) is 22.2 Å². The molecule has 1 heterocycles. The number of para-hydroxylation sites is 1. The van der Waals surface area contributed by atoms with Gasteiger partial charge in [0.1, 0.15) is 0 Å². The van der Waals surface area contributed by atoms with Crippen LogP contribution >= 0.6 is 11.6 Å². The molecule has 1 aromatic heterocycles. The van der Waals surface area contributed by atoms with E-state index in [1.807, 2.05) is 80.7 Å². The summed E-state index contributed by atoms with van der Waals surface area (Å²) in [5.74, 6) is -0.0319. The van der Waals surface area contributed by atoms with Gasteiger partial charge in [-0.3, -0.25) is 4.79 Å². The Morgan fingerprint density at radius 2 is 1.60 bits per heavy atom. The maximum absolute atomic E-state index is 13.0. The second-order valence-corrected chi connectivity index (χ2v) is 8.16. The van der Waals surface area contributed by atoms with Gasteiger partial charge >= 0.3 is 0 Å². The van der Waals surface area contributed by atoms with Crippen LogP contribution in [0.1, 0.15) is 42.0 Å². The van der Waals surface area contributed by atoms with Crippen LogP contribution < -0.4 is 5.32 Å². The van der Waals surface area contributed by atoms with Crippen LogP contribution in [-0.2, 0) is 11.8 Å². The molecule has 30 heavy (non-hydrogen) atoms. The Kier molecular flexibility index (Phi) is 5.91. The summed E-state index contributed by atoms with van der Waals surface area (Å²) in [5, 5.41) is 5.02. The minimum absolute atomic E-state index is 0.0271. The average molecular weight is 417 g/mol. The van der Waals surface area contributed by atoms with Crippen LogP contribution in [0, 0.1) is 0 Å². The molecule has 0 fully saturated rings. The molecule has 0 aliphatic carbocycles. The van der Waals surface area contributed by atoms with Crippen LogP contribution in [0.15, 0.2) is 85.1 Å². The Morgan fingerprint density at radius 1 is 0.933 bits per heavy atom. The Hall–Kier alpha value is -3.04. The van der Waals surface area contributed by atoms with Crippen LogP contribution in [-0.4, -0.2) is 10.5 Å². The molecular weight excluding hydrogens is 392 g/mol. The molecule has 0 saturated carbocycles. The van der Waals surface area contributed by atoms with Gasteiger partial charge in [-0.15, -0.1) is 0 Å². The van der Waals surface area contributed by atoms with Crippen molar-refractivity contribution in [2.24, 2.45) is 7.05 Å². The second kappa shape index (κ2) is 8.76. The van der Waals surface area contributed by atoms with Gasteiger partial charge in [0.2, 0.25) is 5.91 Å². The minimum Gasteiger partial charge on any atom is -0.350 e. The summed E-state index contributed by atoms with van der Waals surface area (Å²) in [7, 11) is 2.04. The first-order chi connectivity index (χ1) is 14.5. The fraction of sp³-hybridized carbons (Fsp3) is 0.192. The molecule has 0 unspecified atom stereocenters. The van der Waals surface area contributed by atoms with Gasteiger partial charge in [0.05, 0.1) is 6.04 Å². The highest BCUT2D eigenvalue weighted by Gasteiger charge is 2.23. The van der Waals surface area contributed by atoms with Crippen molar-refractivity contribution in [3.8, 4) is 0 Å². The lowest BCUT2D eigenvalue weighted by Gasteiger charge is -2.20. The van der Waals surface area contributed by atoms with E-state index in [2.05, 4.69) is 28.2 Å². The molecule has 3 nitrogen and oxygen atoms in total. The standard InChI is InChI=1S/C26H25ClN2O/c1-18(19-8-4-3-5-9-19)28-26(30)16-23(20-12-14-21(27)15-13-20)24-17-29(2)25-11-7-6-10-22(24)25/h3-15,17-18,23H,16H2,1-2H3,(H,28,30)/t18-,23+/m1/s1. The number of hydrogen-bond acceptors (Lipinski definition) is 1. The van der Waals surface area contributed by atoms with Crippen molar-refractivity contribution in [1.29, 1.82) is 0 Å². The zero-order valence-electron chi connectivity index (χ0n) is 17.2. The maximum Gasteiger partial charge on any atom is 0.221 e. The van der Waals surface area contributed by atoms with Crippen molar-refractivity contribution in [3.05, 3.63) is 107 Å². The third kappa shape index (κ3) is 4.27. The first kappa shape index (κ1) is 20.2. The quantitative estimate of drug-likeness (QED) is 0.397. The number of fused-ring (bicyclic) bond motifs is 1. The number of nitrogens with one attached hydrogen (secondary N) is 1. The largest absolute Gasteiger partial charge is 0.350 e. The maximum atomic E-state index is 13.0. The van der Waals surface area contributed by atoms with Gasteiger partial charge in [0.15, 0.2) is 0 Å². The molecule has 0 aliphatic rings. The fourth-order valence-corrected chi connectivity index (χ4v) is 4.19. The first-order valence-electron chi connectivity index (χ1n) is 10.2. The predicted molar refractivity (Wildman–Crippen MR) is 124 cm³/mol. The molecule has 1 amide bonds. The number of hydrogen-bond donors (Lipinski definition) is 1. The topological polar surface area (TPSA) is 34.0 Å². The lowest BCUT2D eigenvalue weighted by Crippen LogP contribution is -2.28. The van der Waals surface area contributed by atoms with Gasteiger partial charge in [-0.1, -0.05) is 72.3 Å². The molecule has 4 heteroatoms. The number of aromatic nitrogens is 1. The Morgan fingerprint density at radius 3 is 2.33 bits per heavy atom. The molecular formula is C26H25ClN2O. The molecule has 4 aromatic rings. The highest BCUT2D eigenvalue weighted by Crippen LogP contribution is 2.35. The molecule has 3 aromatic carbocycles. The summed E-state index contributed by atoms with van der Waals surface area (Å²) in [6.45, 7) is 2.02. The van der Waals surface area contributed by atoms with Gasteiger partial charge < -0.3 is 9.88 Å². The Balaban J connectivity index is 1.66. The monoisotopic (exact) mass is 416 g/mol. The van der Waals surface area contributed by atoms with Crippen LogP contribution in [0.5, 0.6) is 0 Å². The molecule has 2 atom stereocenters. The first-order valence-corrected chi connectivity index (χ1v) is 10.5. The number of rotatable bonds is 6. The normalized spacial score (nSPS) is 13.2. The molecule has 0 aliphatic heterocycles. The van der Waals surface area contributed by atoms with E-state index >= 15 is 0 Å². The zero-order valence-corrected chi connectivity index (χ0v) is 17.9. The summed E-state index contributed by atoms with van der Waals surface area (Å²) in [5.41, 5.74) is 4.49. The molecule has 0 spiro atoms. The van der Waals surface area contributed by atoms with Crippen LogP contribution in [0.3, 0.4) is 0 Å². The highest BCUT2D eigenvalue weighted by atomic mass is 35.5. The van der Waals surface area contributed by atoms with Crippen LogP contribution in [0.4, 0.5) is 0 Å². The SMILES string of the molecule is C[C@@H](NC(=O)C[C@@H](c1ccc(Cl)cc1)c1cn(C)c2ccccc12)c1ccccc1. The molecule has 4 rings (SSSR count). The van der Waals surface area contributed by atoms with Crippen molar-refractivity contribution in [2.45, 2.75) is 25.3 Å². The third-order valence-corrected chi connectivity index (χ3v) is 5.89. The van der Waals surface area contributed by atoms with E-state index < -0.39 is 0 Å². The number of aryl methyl sites for hydroxylation is 1. The lowest BCUT2D eigenvalue weighted by molar-refractivity contribution is -0.121. The Labute approximate surface area is 182 Å². The van der Waals surface area contributed by atoms with Gasteiger partial charge in [-0.2, -0.15) is 0 Å². The second-order valence-electron chi connectivity index (χ2n) is 7.72. The lowest BCUT2D eigenvalue weighted by atomic mass is 9.88. The van der Waals surface area contributed by atoms with E-state index in [0.29, 0.717) is 11.4 Å². The number of benzene rings is 3. The number of nitrogens with zero attached hydrogens (tertiary/aromatic N) is 1. The minimum atomic E-state index is -0.0589. The number of halogens is 1. The van der Waals surface area contributed by atoms with Crippen LogP contribution in [0.2, 0.25) is 5.02 Å². The Bertz CT molecular complexity index is 1150. The molecule has 0 saturated heterocycles. The van der Waals surface area contributed by atoms with Crippen LogP contribution in [0.25, 0.3) is 10.9 Å². The number of carbonyl (C=O) groups excluding carboxylic acids is 1. The van der Waals surface area contributed by atoms with Crippen molar-refractivity contribution >= 4 is 28.4 Å². The van der Waals surface area contributed by atoms with Gasteiger partial charge in [0.25, 0.3) is 0 Å². The van der Waals surface area contributed by atoms with E-state index in [1.165, 1.54) is 5.39 Å². The van der Waals surface area contributed by atoms with Gasteiger partial charge in [-0.05, 0) is 41.8 Å². The summed E-state index contributed by atoms with van der Waals surface area (Å²) in [6.07, 6.45) is 2.50. The van der Waals surface area contributed by atoms with E-state index in [-0.39, 0.29) is 17.9 Å². The van der Waals surface area contributed by atoms with Gasteiger partial charge in [-0.25, -0.2) is 0 Å². The highest BCUT2D eigenvalue weighted by molar-refractivity contribution is 6.30. The van der Waals surface area contributed by atoms with Crippen molar-refractivity contribution in [2.75, 3.05) is 0 Å². The molecule has 0 radical (unpaired) electrons. The van der Waals surface area contributed by atoms with E-state index in [9.17, 15) is 4.79 Å². The fourth-order valence-electron chi connectivity index (χ4n) is 4.06. The summed E-state index contributed by atoms with van der Waals surface area (Å²) in [6, 6.07) is 26.1. The summed E-state index contributed by atoms with van der Waals surface area (Å²) in [4.78, 5) is 13.0. The molecule has 0 bridgehead atoms. The summed E-state index contributed by atoms with van der Waals surface area (Å²) < 4.78 is 2.12. The molecule has 152 valence electrons. The van der Waals surface area contributed by atoms with E-state index in [1.54, 1.807) is 0 Å². The van der Waals surface area contributed by atoms with Crippen molar-refractivity contribution in [1.82, 2.24) is 9.88 Å². The zero-order chi connectivity index (χ0) is 21.1. The molecule has 1 N–H and O–H groups in total. The number of carbonyl (C=O) groups is 1. The number of amides is 1. The summed E-state index contributed by atoms with van der Waals surface area (Å²) >= 11 is 6.12. The third-order valence-electron chi connectivity index (χ3n) is 5.64. The van der Waals surface area contributed by atoms with Crippen molar-refractivity contribution in [3.63, 3.8) is 0 Å². The van der Waals surface area contributed by atoms with E-state index in [4.69, 9.17) is 11.6 Å². The predicted octanol–water partition coefficient (Wildman–Crippen LogP) is 6.23. The van der Waals surface area contributed by atoms with Gasteiger partial charge in [0, 0.05) is 41.5 Å². The smallest absolute Gasteiger partial charge is 0.221 e.